The quantitative estimate of drug-likeness (QED) is 0.921. The molecule has 0 unspecified atom stereocenters. The number of thiophene rings is 1. The molecule has 0 aliphatic heterocycles. The maximum atomic E-state index is 5.16. The summed E-state index contributed by atoms with van der Waals surface area (Å²) in [6.07, 6.45) is 5.27. The molecule has 0 fully saturated rings. The molecule has 0 saturated heterocycles. The van der Waals surface area contributed by atoms with Crippen molar-refractivity contribution < 1.29 is 4.74 Å². The molecule has 2 aromatic rings. The molecule has 3 rings (SSSR count). The van der Waals surface area contributed by atoms with Gasteiger partial charge in [-0.25, -0.2) is 9.97 Å². The molecule has 1 aliphatic rings. The third-order valence-corrected chi connectivity index (χ3v) is 4.50. The van der Waals surface area contributed by atoms with Gasteiger partial charge >= 0.3 is 0 Å². The Bertz CT molecular complexity index is 567. The number of hydrogen-bond acceptors (Lipinski definition) is 5. The number of methoxy groups -OCH3 is 1. The van der Waals surface area contributed by atoms with Crippen molar-refractivity contribution in [2.75, 3.05) is 19.0 Å². The van der Waals surface area contributed by atoms with E-state index in [2.05, 4.69) is 22.2 Å². The van der Waals surface area contributed by atoms with E-state index >= 15 is 0 Å². The van der Waals surface area contributed by atoms with Crippen molar-refractivity contribution in [2.45, 2.75) is 32.2 Å². The molecule has 5 heteroatoms. The highest BCUT2D eigenvalue weighted by Gasteiger charge is 2.21. The smallest absolute Gasteiger partial charge is 0.138 e. The average molecular weight is 263 g/mol. The monoisotopic (exact) mass is 263 g/mol. The van der Waals surface area contributed by atoms with Gasteiger partial charge < -0.3 is 10.1 Å². The van der Waals surface area contributed by atoms with Gasteiger partial charge in [0.1, 0.15) is 17.0 Å². The fourth-order valence-corrected chi connectivity index (χ4v) is 3.79. The number of fused-ring (bicyclic) bond motifs is 3. The first-order valence-electron chi connectivity index (χ1n) is 6.30. The Morgan fingerprint density at radius 3 is 3.17 bits per heavy atom. The van der Waals surface area contributed by atoms with Crippen LogP contribution >= 0.6 is 11.3 Å². The molecular weight excluding hydrogens is 246 g/mol. The number of rotatable bonds is 4. The minimum absolute atomic E-state index is 0.255. The number of hydrogen-bond donors (Lipinski definition) is 1. The van der Waals surface area contributed by atoms with E-state index in [1.165, 1.54) is 28.7 Å². The Balaban J connectivity index is 2.01. The van der Waals surface area contributed by atoms with E-state index in [-0.39, 0.29) is 6.04 Å². The van der Waals surface area contributed by atoms with Crippen molar-refractivity contribution in [3.05, 3.63) is 16.8 Å². The maximum absolute atomic E-state index is 5.16. The summed E-state index contributed by atoms with van der Waals surface area (Å²) in [5, 5.41) is 4.67. The second kappa shape index (κ2) is 4.82. The molecule has 1 aliphatic carbocycles. The van der Waals surface area contributed by atoms with Crippen molar-refractivity contribution in [3.8, 4) is 0 Å². The van der Waals surface area contributed by atoms with Crippen LogP contribution in [0, 0.1) is 0 Å². The molecule has 0 radical (unpaired) electrons. The van der Waals surface area contributed by atoms with Crippen LogP contribution in [0.5, 0.6) is 0 Å². The fourth-order valence-electron chi connectivity index (χ4n) is 2.56. The fraction of sp³-hybridized carbons (Fsp3) is 0.538. The molecule has 0 saturated carbocycles. The van der Waals surface area contributed by atoms with Crippen LogP contribution in [0.3, 0.4) is 0 Å². The standard InChI is InChI=1S/C13H17N3OS/c1-8(6-17-2)16-12-11-9-4-3-5-10(9)18-13(11)15-7-14-12/h7-8H,3-6H2,1-2H3,(H,14,15,16)/t8-/m1/s1. The number of aryl methyl sites for hydroxylation is 2. The lowest BCUT2D eigenvalue weighted by molar-refractivity contribution is 0.190. The van der Waals surface area contributed by atoms with Crippen LogP contribution in [0.15, 0.2) is 6.33 Å². The third-order valence-electron chi connectivity index (χ3n) is 3.30. The first-order chi connectivity index (χ1) is 8.79. The van der Waals surface area contributed by atoms with Crippen LogP contribution in [-0.2, 0) is 17.6 Å². The Kier molecular flexibility index (Phi) is 3.18. The number of ether oxygens (including phenoxy) is 1. The van der Waals surface area contributed by atoms with Crippen LogP contribution in [0.2, 0.25) is 0 Å². The summed E-state index contributed by atoms with van der Waals surface area (Å²) in [5.41, 5.74) is 1.46. The number of aromatic nitrogens is 2. The summed E-state index contributed by atoms with van der Waals surface area (Å²) < 4.78 is 5.16. The van der Waals surface area contributed by atoms with Crippen LogP contribution in [0.4, 0.5) is 5.82 Å². The van der Waals surface area contributed by atoms with E-state index in [0.717, 1.165) is 17.1 Å². The predicted octanol–water partition coefficient (Wildman–Crippen LogP) is 2.63. The van der Waals surface area contributed by atoms with Crippen LogP contribution in [0.1, 0.15) is 23.8 Å². The van der Waals surface area contributed by atoms with Crippen molar-refractivity contribution in [1.29, 1.82) is 0 Å². The van der Waals surface area contributed by atoms with Crippen molar-refractivity contribution in [1.82, 2.24) is 9.97 Å². The summed E-state index contributed by atoms with van der Waals surface area (Å²) in [6.45, 7) is 2.78. The van der Waals surface area contributed by atoms with Crippen LogP contribution in [0.25, 0.3) is 10.2 Å². The lowest BCUT2D eigenvalue weighted by Gasteiger charge is -2.14. The van der Waals surface area contributed by atoms with Gasteiger partial charge in [-0.15, -0.1) is 11.3 Å². The van der Waals surface area contributed by atoms with Gasteiger partial charge in [-0.2, -0.15) is 0 Å². The molecule has 4 nitrogen and oxygen atoms in total. The van der Waals surface area contributed by atoms with Gasteiger partial charge in [-0.1, -0.05) is 0 Å². The van der Waals surface area contributed by atoms with Crippen LogP contribution < -0.4 is 5.32 Å². The highest BCUT2D eigenvalue weighted by atomic mass is 32.1. The van der Waals surface area contributed by atoms with Crippen molar-refractivity contribution >= 4 is 27.4 Å². The Hall–Kier alpha value is -1.20. The van der Waals surface area contributed by atoms with Gasteiger partial charge in [0.15, 0.2) is 0 Å². The minimum Gasteiger partial charge on any atom is -0.383 e. The zero-order valence-electron chi connectivity index (χ0n) is 10.7. The van der Waals surface area contributed by atoms with Gasteiger partial charge in [0.05, 0.1) is 12.0 Å². The zero-order chi connectivity index (χ0) is 12.5. The van der Waals surface area contributed by atoms with Gasteiger partial charge in [0.2, 0.25) is 0 Å². The normalized spacial score (nSPS) is 15.9. The van der Waals surface area contributed by atoms with Crippen LogP contribution in [-0.4, -0.2) is 29.7 Å². The van der Waals surface area contributed by atoms with E-state index < -0.39 is 0 Å². The van der Waals surface area contributed by atoms with E-state index in [1.807, 2.05) is 11.3 Å². The lowest BCUT2D eigenvalue weighted by Crippen LogP contribution is -2.21. The number of anilines is 1. The number of nitrogens with one attached hydrogen (secondary N) is 1. The molecule has 0 spiro atoms. The van der Waals surface area contributed by atoms with Gasteiger partial charge in [-0.3, -0.25) is 0 Å². The highest BCUT2D eigenvalue weighted by molar-refractivity contribution is 7.19. The summed E-state index contributed by atoms with van der Waals surface area (Å²) in [7, 11) is 1.72. The number of nitrogens with zero attached hydrogens (tertiary/aromatic N) is 2. The zero-order valence-corrected chi connectivity index (χ0v) is 11.5. The summed E-state index contributed by atoms with van der Waals surface area (Å²) in [5.74, 6) is 0.962. The maximum Gasteiger partial charge on any atom is 0.138 e. The molecule has 0 bridgehead atoms. The largest absolute Gasteiger partial charge is 0.383 e. The summed E-state index contributed by atoms with van der Waals surface area (Å²) in [6, 6.07) is 0.255. The predicted molar refractivity (Wildman–Crippen MR) is 74.4 cm³/mol. The van der Waals surface area contributed by atoms with E-state index in [0.29, 0.717) is 6.61 Å². The lowest BCUT2D eigenvalue weighted by atomic mass is 10.2. The highest BCUT2D eigenvalue weighted by Crippen LogP contribution is 2.39. The third kappa shape index (κ3) is 1.97. The van der Waals surface area contributed by atoms with E-state index in [1.54, 1.807) is 13.4 Å². The van der Waals surface area contributed by atoms with Gasteiger partial charge in [0, 0.05) is 18.0 Å². The van der Waals surface area contributed by atoms with Crippen molar-refractivity contribution in [2.24, 2.45) is 0 Å². The minimum atomic E-state index is 0.255. The first kappa shape index (κ1) is 11.9. The first-order valence-corrected chi connectivity index (χ1v) is 7.12. The molecule has 1 atom stereocenters. The van der Waals surface area contributed by atoms with Crippen molar-refractivity contribution in [3.63, 3.8) is 0 Å². The molecule has 0 aromatic carbocycles. The summed E-state index contributed by atoms with van der Waals surface area (Å²) in [4.78, 5) is 11.4. The molecule has 2 heterocycles. The van der Waals surface area contributed by atoms with Gasteiger partial charge in [-0.05, 0) is 31.7 Å². The average Bonchev–Trinajstić information content (AvgIpc) is 2.89. The second-order valence-electron chi connectivity index (χ2n) is 4.76. The SMILES string of the molecule is COC[C@@H](C)Nc1ncnc2sc3c(c12)CCC3. The molecule has 18 heavy (non-hydrogen) atoms. The molecule has 1 N–H and O–H groups in total. The Morgan fingerprint density at radius 1 is 1.44 bits per heavy atom. The molecule has 2 aromatic heterocycles. The second-order valence-corrected chi connectivity index (χ2v) is 5.84. The Morgan fingerprint density at radius 2 is 2.33 bits per heavy atom. The van der Waals surface area contributed by atoms with E-state index in [4.69, 9.17) is 4.74 Å². The summed E-state index contributed by atoms with van der Waals surface area (Å²) >= 11 is 1.82. The topological polar surface area (TPSA) is 47.0 Å². The molecule has 0 amide bonds. The molecule has 96 valence electrons. The van der Waals surface area contributed by atoms with Gasteiger partial charge in [0.25, 0.3) is 0 Å². The Labute approximate surface area is 110 Å². The van der Waals surface area contributed by atoms with E-state index in [9.17, 15) is 0 Å². The molecular formula is C13H17N3OS.